The lowest BCUT2D eigenvalue weighted by atomic mass is 9.71. The van der Waals surface area contributed by atoms with Crippen LogP contribution in [-0.2, 0) is 19.1 Å². The van der Waals surface area contributed by atoms with Gasteiger partial charge in [0.15, 0.2) is 0 Å². The van der Waals surface area contributed by atoms with Crippen LogP contribution in [-0.4, -0.2) is 51.0 Å². The SMILES string of the molecule is C=CCC1C(=O)C(C)(C)C(O)CC(=O)OC(/C(C)=C/c2csc(C)n2)OC(C)(C)CCCC(C)C1O. The van der Waals surface area contributed by atoms with E-state index >= 15 is 0 Å². The van der Waals surface area contributed by atoms with Gasteiger partial charge in [-0.3, -0.25) is 9.59 Å². The molecule has 0 aromatic carbocycles. The molecule has 0 aliphatic carbocycles. The molecule has 8 heteroatoms. The number of carbonyl (C=O) groups is 2. The molecule has 7 nitrogen and oxygen atoms in total. The van der Waals surface area contributed by atoms with E-state index in [0.29, 0.717) is 24.8 Å². The summed E-state index contributed by atoms with van der Waals surface area (Å²) in [6.45, 7) is 16.5. The maximum atomic E-state index is 13.5. The maximum Gasteiger partial charge on any atom is 0.311 e. The predicted octanol–water partition coefficient (Wildman–Crippen LogP) is 5.24. The number of Topliss-reactive ketones (excluding diaryl/α,β-unsaturated/α-hetero) is 1. The number of cyclic esters (lactones) is 1. The molecule has 1 fully saturated rings. The van der Waals surface area contributed by atoms with Gasteiger partial charge >= 0.3 is 5.97 Å². The highest BCUT2D eigenvalue weighted by Gasteiger charge is 2.44. The first-order valence-corrected chi connectivity index (χ1v) is 13.5. The zero-order chi connectivity index (χ0) is 27.3. The van der Waals surface area contributed by atoms with Crippen molar-refractivity contribution in [2.24, 2.45) is 17.3 Å². The second-order valence-electron chi connectivity index (χ2n) is 11.2. The molecule has 1 aliphatic rings. The van der Waals surface area contributed by atoms with Gasteiger partial charge in [-0.05, 0) is 64.5 Å². The number of aliphatic hydroxyl groups excluding tert-OH is 2. The number of thiazole rings is 1. The van der Waals surface area contributed by atoms with E-state index in [-0.39, 0.29) is 18.1 Å². The van der Waals surface area contributed by atoms with Gasteiger partial charge in [-0.25, -0.2) is 4.98 Å². The zero-order valence-corrected chi connectivity index (χ0v) is 23.6. The van der Waals surface area contributed by atoms with Crippen LogP contribution in [0.1, 0.15) is 84.3 Å². The number of ketones is 1. The first kappa shape index (κ1) is 30.4. The van der Waals surface area contributed by atoms with Crippen molar-refractivity contribution >= 4 is 29.2 Å². The molecule has 0 amide bonds. The minimum absolute atomic E-state index is 0.143. The third-order valence-electron chi connectivity index (χ3n) is 7.07. The van der Waals surface area contributed by atoms with E-state index in [0.717, 1.165) is 17.1 Å². The highest BCUT2D eigenvalue weighted by atomic mass is 32.1. The summed E-state index contributed by atoms with van der Waals surface area (Å²) in [5.41, 5.74) is -0.472. The van der Waals surface area contributed by atoms with Gasteiger partial charge in [-0.15, -0.1) is 17.9 Å². The van der Waals surface area contributed by atoms with Gasteiger partial charge in [0.25, 0.3) is 0 Å². The summed E-state index contributed by atoms with van der Waals surface area (Å²) in [5, 5.41) is 24.9. The molecule has 2 N–H and O–H groups in total. The van der Waals surface area contributed by atoms with Crippen LogP contribution in [0, 0.1) is 24.2 Å². The summed E-state index contributed by atoms with van der Waals surface area (Å²) in [5.74, 6) is -1.82. The van der Waals surface area contributed by atoms with Crippen molar-refractivity contribution in [2.45, 2.75) is 105 Å². The first-order valence-electron chi connectivity index (χ1n) is 12.7. The Labute approximate surface area is 219 Å². The molecule has 5 unspecified atom stereocenters. The number of allylic oxidation sites excluding steroid dienone is 1. The van der Waals surface area contributed by atoms with Gasteiger partial charge in [0.05, 0.1) is 40.3 Å². The lowest BCUT2D eigenvalue weighted by Gasteiger charge is -2.35. The Morgan fingerprint density at radius 3 is 2.53 bits per heavy atom. The van der Waals surface area contributed by atoms with Crippen LogP contribution >= 0.6 is 11.3 Å². The number of aliphatic hydroxyl groups is 2. The normalized spacial score (nSPS) is 30.7. The Kier molecular flexibility index (Phi) is 10.6. The number of carbonyl (C=O) groups excluding carboxylic acids is 2. The summed E-state index contributed by atoms with van der Waals surface area (Å²) in [6, 6.07) is 0. The monoisotopic (exact) mass is 521 g/mol. The summed E-state index contributed by atoms with van der Waals surface area (Å²) >= 11 is 1.53. The summed E-state index contributed by atoms with van der Waals surface area (Å²) in [7, 11) is 0. The predicted molar refractivity (Wildman–Crippen MR) is 142 cm³/mol. The van der Waals surface area contributed by atoms with E-state index in [4.69, 9.17) is 9.47 Å². The van der Waals surface area contributed by atoms with E-state index in [9.17, 15) is 19.8 Å². The number of aromatic nitrogens is 1. The molecular weight excluding hydrogens is 478 g/mol. The van der Waals surface area contributed by atoms with E-state index in [1.165, 1.54) is 11.3 Å². The van der Waals surface area contributed by atoms with Crippen LogP contribution < -0.4 is 0 Å². The van der Waals surface area contributed by atoms with Crippen LogP contribution in [0.5, 0.6) is 0 Å². The number of hydrogen-bond donors (Lipinski definition) is 2. The number of aryl methyl sites for hydroxylation is 1. The second-order valence-corrected chi connectivity index (χ2v) is 12.2. The second kappa shape index (κ2) is 12.6. The highest BCUT2D eigenvalue weighted by molar-refractivity contribution is 7.09. The molecule has 0 radical (unpaired) electrons. The quantitative estimate of drug-likeness (QED) is 0.412. The highest BCUT2D eigenvalue weighted by Crippen LogP contribution is 2.35. The number of rotatable bonds is 4. The number of nitrogens with zero attached hydrogens (tertiary/aromatic N) is 1. The number of hydrogen-bond acceptors (Lipinski definition) is 8. The largest absolute Gasteiger partial charge is 0.432 e. The first-order chi connectivity index (χ1) is 16.7. The van der Waals surface area contributed by atoms with Crippen LogP contribution in [0.3, 0.4) is 0 Å². The molecule has 1 aliphatic heterocycles. The fraction of sp³-hybridized carbons (Fsp3) is 0.679. The van der Waals surface area contributed by atoms with E-state index in [2.05, 4.69) is 11.6 Å². The minimum atomic E-state index is -1.29. The van der Waals surface area contributed by atoms with E-state index in [1.807, 2.05) is 46.1 Å². The number of esters is 1. The standard InChI is InChI=1S/C28H43NO6S/c1-9-11-21-24(32)17(2)12-10-13-27(5,6)35-26(18(3)14-20-16-36-19(4)29-20)34-23(31)15-22(30)28(7,8)25(21)33/h9,14,16-17,21-22,24,26,30,32H,1,10-13,15H2,2-8H3/b18-14+. The van der Waals surface area contributed by atoms with Crippen LogP contribution in [0.4, 0.5) is 0 Å². The molecule has 1 aromatic rings. The third-order valence-corrected chi connectivity index (χ3v) is 7.86. The van der Waals surface area contributed by atoms with Gasteiger partial charge in [0, 0.05) is 11.3 Å². The van der Waals surface area contributed by atoms with Crippen molar-refractivity contribution < 1.29 is 29.3 Å². The molecule has 0 saturated carbocycles. The van der Waals surface area contributed by atoms with E-state index < -0.39 is 41.4 Å². The lowest BCUT2D eigenvalue weighted by molar-refractivity contribution is -0.197. The van der Waals surface area contributed by atoms with Crippen LogP contribution in [0.25, 0.3) is 6.08 Å². The summed E-state index contributed by atoms with van der Waals surface area (Å²) in [6.07, 6.45) is 2.31. The minimum Gasteiger partial charge on any atom is -0.432 e. The smallest absolute Gasteiger partial charge is 0.311 e. The Bertz CT molecular complexity index is 950. The van der Waals surface area contributed by atoms with Crippen molar-refractivity contribution in [1.29, 1.82) is 0 Å². The molecule has 1 saturated heterocycles. The molecule has 1 aromatic heterocycles. The average Bonchev–Trinajstić information content (AvgIpc) is 3.19. The molecular formula is C28H43NO6S. The topological polar surface area (TPSA) is 106 Å². The lowest BCUT2D eigenvalue weighted by Crippen LogP contribution is -2.46. The Morgan fingerprint density at radius 1 is 1.28 bits per heavy atom. The molecule has 0 spiro atoms. The Balaban J connectivity index is 2.41. The summed E-state index contributed by atoms with van der Waals surface area (Å²) < 4.78 is 12.0. The van der Waals surface area contributed by atoms with Gasteiger partial charge in [-0.2, -0.15) is 0 Å². The van der Waals surface area contributed by atoms with Crippen LogP contribution in [0.2, 0.25) is 0 Å². The molecule has 5 atom stereocenters. The zero-order valence-electron chi connectivity index (χ0n) is 22.7. The third kappa shape index (κ3) is 8.07. The molecule has 2 rings (SSSR count). The van der Waals surface area contributed by atoms with Gasteiger partial charge < -0.3 is 19.7 Å². The Hall–Kier alpha value is -1.87. The van der Waals surface area contributed by atoms with Crippen molar-refractivity contribution in [3.63, 3.8) is 0 Å². The van der Waals surface area contributed by atoms with Crippen molar-refractivity contribution in [3.05, 3.63) is 34.3 Å². The van der Waals surface area contributed by atoms with Gasteiger partial charge in [0.1, 0.15) is 5.78 Å². The molecule has 202 valence electrons. The van der Waals surface area contributed by atoms with Crippen molar-refractivity contribution in [1.82, 2.24) is 4.98 Å². The van der Waals surface area contributed by atoms with Crippen LogP contribution in [0.15, 0.2) is 23.6 Å². The van der Waals surface area contributed by atoms with Gasteiger partial charge in [0.2, 0.25) is 6.29 Å². The van der Waals surface area contributed by atoms with Gasteiger partial charge in [-0.1, -0.05) is 33.3 Å². The Morgan fingerprint density at radius 2 is 1.94 bits per heavy atom. The van der Waals surface area contributed by atoms with E-state index in [1.54, 1.807) is 19.9 Å². The maximum absolute atomic E-state index is 13.5. The fourth-order valence-corrected chi connectivity index (χ4v) is 5.10. The fourth-order valence-electron chi connectivity index (χ4n) is 4.53. The summed E-state index contributed by atoms with van der Waals surface area (Å²) in [4.78, 5) is 30.9. The van der Waals surface area contributed by atoms with Crippen molar-refractivity contribution in [2.75, 3.05) is 0 Å². The molecule has 0 bridgehead atoms. The average molecular weight is 522 g/mol. The molecule has 36 heavy (non-hydrogen) atoms. The number of ether oxygens (including phenoxy) is 2. The molecule has 2 heterocycles. The van der Waals surface area contributed by atoms with Crippen molar-refractivity contribution in [3.8, 4) is 0 Å².